The average Bonchev–Trinajstić information content (AvgIpc) is 3.12. The van der Waals surface area contributed by atoms with Crippen LogP contribution < -0.4 is 5.32 Å². The number of amides is 1. The number of aromatic amines is 1. The highest BCUT2D eigenvalue weighted by molar-refractivity contribution is 6.09. The van der Waals surface area contributed by atoms with Crippen LogP contribution in [0, 0.1) is 0 Å². The van der Waals surface area contributed by atoms with E-state index in [1.54, 1.807) is 0 Å². The molecule has 1 aromatic heterocycles. The molecule has 0 spiro atoms. The summed E-state index contributed by atoms with van der Waals surface area (Å²) >= 11 is 0. The summed E-state index contributed by atoms with van der Waals surface area (Å²) in [5.41, 5.74) is 0.0523. The van der Waals surface area contributed by atoms with Gasteiger partial charge in [0.25, 0.3) is 5.91 Å². The Bertz CT molecular complexity index is 561. The predicted molar refractivity (Wildman–Crippen MR) is 75.7 cm³/mol. The zero-order valence-electron chi connectivity index (χ0n) is 12.6. The average molecular weight is 310 g/mol. The molecule has 1 amide bonds. The number of methoxy groups -OCH3 is 2. The SMILES string of the molecule is COC(=O)c1c[nH]c(C(=O)OC)c1NC(=O)C1CCC(C)O1. The summed E-state index contributed by atoms with van der Waals surface area (Å²) in [6.45, 7) is 1.88. The van der Waals surface area contributed by atoms with Crippen molar-refractivity contribution in [2.45, 2.75) is 32.0 Å². The fourth-order valence-electron chi connectivity index (χ4n) is 2.29. The molecule has 0 bridgehead atoms. The maximum absolute atomic E-state index is 12.2. The van der Waals surface area contributed by atoms with Crippen molar-refractivity contribution in [3.63, 3.8) is 0 Å². The third kappa shape index (κ3) is 3.11. The molecule has 2 heterocycles. The van der Waals surface area contributed by atoms with Crippen LogP contribution in [0.5, 0.6) is 0 Å². The minimum Gasteiger partial charge on any atom is -0.465 e. The van der Waals surface area contributed by atoms with Crippen molar-refractivity contribution in [3.8, 4) is 0 Å². The molecule has 1 aliphatic heterocycles. The molecular formula is C14H18N2O6. The molecule has 1 fully saturated rings. The normalized spacial score (nSPS) is 20.5. The van der Waals surface area contributed by atoms with Crippen molar-refractivity contribution in [3.05, 3.63) is 17.5 Å². The summed E-state index contributed by atoms with van der Waals surface area (Å²) in [5.74, 6) is -1.80. The first-order chi connectivity index (χ1) is 10.5. The second-order valence-corrected chi connectivity index (χ2v) is 4.94. The zero-order valence-corrected chi connectivity index (χ0v) is 12.6. The Kier molecular flexibility index (Phi) is 4.81. The highest BCUT2D eigenvalue weighted by atomic mass is 16.5. The van der Waals surface area contributed by atoms with E-state index in [4.69, 9.17) is 4.74 Å². The van der Waals surface area contributed by atoms with Crippen LogP contribution >= 0.6 is 0 Å². The van der Waals surface area contributed by atoms with Crippen LogP contribution in [0.4, 0.5) is 5.69 Å². The molecule has 1 aliphatic rings. The maximum Gasteiger partial charge on any atom is 0.356 e. The van der Waals surface area contributed by atoms with Crippen molar-refractivity contribution < 1.29 is 28.6 Å². The number of rotatable bonds is 4. The fraction of sp³-hybridized carbons (Fsp3) is 0.500. The number of hydrogen-bond donors (Lipinski definition) is 2. The van der Waals surface area contributed by atoms with Crippen molar-refractivity contribution in [1.82, 2.24) is 4.98 Å². The summed E-state index contributed by atoms with van der Waals surface area (Å²) in [5, 5.41) is 2.56. The summed E-state index contributed by atoms with van der Waals surface area (Å²) in [7, 11) is 2.41. The topological polar surface area (TPSA) is 107 Å². The van der Waals surface area contributed by atoms with E-state index in [2.05, 4.69) is 19.8 Å². The molecule has 2 unspecified atom stereocenters. The van der Waals surface area contributed by atoms with E-state index in [0.717, 1.165) is 6.42 Å². The Labute approximate surface area is 127 Å². The number of carbonyl (C=O) groups excluding carboxylic acids is 3. The molecule has 120 valence electrons. The van der Waals surface area contributed by atoms with Gasteiger partial charge in [-0.05, 0) is 19.8 Å². The molecule has 0 radical (unpaired) electrons. The number of aromatic nitrogens is 1. The summed E-state index contributed by atoms with van der Waals surface area (Å²) in [6, 6.07) is 0. The molecule has 2 rings (SSSR count). The van der Waals surface area contributed by atoms with Gasteiger partial charge >= 0.3 is 11.9 Å². The lowest BCUT2D eigenvalue weighted by Crippen LogP contribution is -2.29. The predicted octanol–water partition coefficient (Wildman–Crippen LogP) is 1.09. The second kappa shape index (κ2) is 6.61. The van der Waals surface area contributed by atoms with Crippen molar-refractivity contribution in [2.75, 3.05) is 19.5 Å². The second-order valence-electron chi connectivity index (χ2n) is 4.94. The molecule has 8 heteroatoms. The van der Waals surface area contributed by atoms with E-state index in [9.17, 15) is 14.4 Å². The number of nitrogens with one attached hydrogen (secondary N) is 2. The lowest BCUT2D eigenvalue weighted by molar-refractivity contribution is -0.126. The number of anilines is 1. The standard InChI is InChI=1S/C14H18N2O6/c1-7-4-5-9(22-7)12(17)16-10-8(13(18)20-2)6-15-11(10)14(19)21-3/h6-7,9,15H,4-5H2,1-3H3,(H,16,17). The van der Waals surface area contributed by atoms with Crippen LogP contribution in [0.1, 0.15) is 40.6 Å². The number of hydrogen-bond acceptors (Lipinski definition) is 6. The lowest BCUT2D eigenvalue weighted by atomic mass is 10.2. The molecule has 2 atom stereocenters. The minimum atomic E-state index is -0.703. The first kappa shape index (κ1) is 16.0. The number of ether oxygens (including phenoxy) is 3. The van der Waals surface area contributed by atoms with Crippen molar-refractivity contribution in [1.29, 1.82) is 0 Å². The third-order valence-corrected chi connectivity index (χ3v) is 3.45. The van der Waals surface area contributed by atoms with Crippen LogP contribution in [-0.4, -0.2) is 49.3 Å². The smallest absolute Gasteiger partial charge is 0.356 e. The van der Waals surface area contributed by atoms with Crippen LogP contribution in [0.3, 0.4) is 0 Å². The number of H-pyrrole nitrogens is 1. The Morgan fingerprint density at radius 1 is 1.23 bits per heavy atom. The van der Waals surface area contributed by atoms with Gasteiger partial charge in [0.05, 0.1) is 26.0 Å². The van der Waals surface area contributed by atoms with Gasteiger partial charge in [-0.1, -0.05) is 0 Å². The van der Waals surface area contributed by atoms with Gasteiger partial charge in [-0.3, -0.25) is 4.79 Å². The monoisotopic (exact) mass is 310 g/mol. The van der Waals surface area contributed by atoms with Gasteiger partial charge in [0.1, 0.15) is 17.4 Å². The molecule has 0 aliphatic carbocycles. The van der Waals surface area contributed by atoms with Gasteiger partial charge in [0.2, 0.25) is 0 Å². The Morgan fingerprint density at radius 3 is 2.45 bits per heavy atom. The first-order valence-corrected chi connectivity index (χ1v) is 6.82. The first-order valence-electron chi connectivity index (χ1n) is 6.82. The van der Waals surface area contributed by atoms with E-state index in [1.807, 2.05) is 6.92 Å². The van der Waals surface area contributed by atoms with Crippen LogP contribution in [-0.2, 0) is 19.0 Å². The van der Waals surface area contributed by atoms with Crippen LogP contribution in [0.15, 0.2) is 6.20 Å². The van der Waals surface area contributed by atoms with E-state index in [1.165, 1.54) is 20.4 Å². The van der Waals surface area contributed by atoms with Gasteiger partial charge in [0.15, 0.2) is 0 Å². The molecule has 8 nitrogen and oxygen atoms in total. The quantitative estimate of drug-likeness (QED) is 0.806. The molecule has 1 saturated heterocycles. The molecule has 0 saturated carbocycles. The summed E-state index contributed by atoms with van der Waals surface area (Å²) in [6.07, 6.45) is 2.03. The van der Waals surface area contributed by atoms with E-state index >= 15 is 0 Å². The van der Waals surface area contributed by atoms with Crippen LogP contribution in [0.2, 0.25) is 0 Å². The van der Waals surface area contributed by atoms with E-state index in [0.29, 0.717) is 6.42 Å². The third-order valence-electron chi connectivity index (χ3n) is 3.45. The van der Waals surface area contributed by atoms with Crippen molar-refractivity contribution >= 4 is 23.5 Å². The Morgan fingerprint density at radius 2 is 1.91 bits per heavy atom. The van der Waals surface area contributed by atoms with Gasteiger partial charge in [-0.2, -0.15) is 0 Å². The van der Waals surface area contributed by atoms with Gasteiger partial charge < -0.3 is 24.5 Å². The van der Waals surface area contributed by atoms with Crippen LogP contribution in [0.25, 0.3) is 0 Å². The van der Waals surface area contributed by atoms with E-state index < -0.39 is 23.9 Å². The summed E-state index contributed by atoms with van der Waals surface area (Å²) < 4.78 is 14.7. The maximum atomic E-state index is 12.2. The van der Waals surface area contributed by atoms with Gasteiger partial charge in [-0.15, -0.1) is 0 Å². The highest BCUT2D eigenvalue weighted by Gasteiger charge is 2.31. The van der Waals surface area contributed by atoms with Gasteiger partial charge in [-0.25, -0.2) is 9.59 Å². The lowest BCUT2D eigenvalue weighted by Gasteiger charge is -2.13. The summed E-state index contributed by atoms with van der Waals surface area (Å²) in [4.78, 5) is 38.3. The Hall–Kier alpha value is -2.35. The number of carbonyl (C=O) groups is 3. The highest BCUT2D eigenvalue weighted by Crippen LogP contribution is 2.25. The minimum absolute atomic E-state index is 0.00197. The van der Waals surface area contributed by atoms with E-state index in [-0.39, 0.29) is 23.0 Å². The van der Waals surface area contributed by atoms with Crippen molar-refractivity contribution in [2.24, 2.45) is 0 Å². The molecule has 2 N–H and O–H groups in total. The molecular weight excluding hydrogens is 292 g/mol. The molecule has 0 aromatic carbocycles. The molecule has 22 heavy (non-hydrogen) atoms. The zero-order chi connectivity index (χ0) is 16.3. The number of esters is 2. The largest absolute Gasteiger partial charge is 0.465 e. The molecule has 1 aromatic rings. The fourth-order valence-corrected chi connectivity index (χ4v) is 2.29. The van der Waals surface area contributed by atoms with Gasteiger partial charge in [0, 0.05) is 6.20 Å². The Balaban J connectivity index is 2.27.